The van der Waals surface area contributed by atoms with E-state index in [0.29, 0.717) is 24.5 Å². The number of anilines is 1. The van der Waals surface area contributed by atoms with Crippen LogP contribution in [0.5, 0.6) is 5.88 Å². The molecule has 5 aromatic heterocycles. The summed E-state index contributed by atoms with van der Waals surface area (Å²) >= 11 is 0. The SMILES string of the molecule is COc1ccc(CN2C[C@@H](C(N)=O)[C@H]3[C@@H]2CN3c2ccc(-c3cc(-c4cnn(C)c4)cn4ncc(C#N)c34)cn2)cn1. The Morgan fingerprint density at radius 2 is 1.93 bits per heavy atom. The van der Waals surface area contributed by atoms with Crippen molar-refractivity contribution in [1.29, 1.82) is 5.26 Å². The largest absolute Gasteiger partial charge is 0.481 e. The first kappa shape index (κ1) is 25.7. The molecule has 0 aliphatic carbocycles. The monoisotopic (exact) mass is 560 g/mol. The fraction of sp³-hybridized carbons (Fsp3) is 0.267. The first-order valence-electron chi connectivity index (χ1n) is 13.6. The quantitative estimate of drug-likeness (QED) is 0.317. The Morgan fingerprint density at radius 1 is 1.05 bits per heavy atom. The average Bonchev–Trinajstić information content (AvgIpc) is 3.69. The van der Waals surface area contributed by atoms with Crippen LogP contribution in [-0.4, -0.2) is 72.5 Å². The number of likely N-dealkylation sites (tertiary alicyclic amines) is 1. The van der Waals surface area contributed by atoms with E-state index >= 15 is 0 Å². The zero-order valence-electron chi connectivity index (χ0n) is 23.1. The minimum atomic E-state index is -0.308. The van der Waals surface area contributed by atoms with E-state index in [1.54, 1.807) is 34.9 Å². The van der Waals surface area contributed by atoms with Crippen LogP contribution >= 0.6 is 0 Å². The number of fused-ring (bicyclic) bond motifs is 2. The minimum Gasteiger partial charge on any atom is -0.481 e. The molecule has 0 spiro atoms. The molecule has 2 aliphatic rings. The third-order valence-electron chi connectivity index (χ3n) is 8.33. The van der Waals surface area contributed by atoms with Crippen LogP contribution < -0.4 is 15.4 Å². The van der Waals surface area contributed by atoms with E-state index in [2.05, 4.69) is 31.1 Å². The van der Waals surface area contributed by atoms with E-state index in [1.165, 1.54) is 0 Å². The number of hydrogen-bond donors (Lipinski definition) is 1. The van der Waals surface area contributed by atoms with Gasteiger partial charge in [-0.05, 0) is 23.8 Å². The van der Waals surface area contributed by atoms with Gasteiger partial charge in [0.2, 0.25) is 11.8 Å². The molecule has 3 atom stereocenters. The summed E-state index contributed by atoms with van der Waals surface area (Å²) in [7, 11) is 3.46. The highest BCUT2D eigenvalue weighted by Gasteiger charge is 2.54. The predicted molar refractivity (Wildman–Crippen MR) is 154 cm³/mol. The van der Waals surface area contributed by atoms with Crippen LogP contribution in [0.3, 0.4) is 0 Å². The number of nitrogens with zero attached hydrogens (tertiary/aromatic N) is 9. The van der Waals surface area contributed by atoms with Crippen LogP contribution in [0, 0.1) is 17.2 Å². The number of carbonyl (C=O) groups excluding carboxylic acids is 1. The van der Waals surface area contributed by atoms with Crippen molar-refractivity contribution in [1.82, 2.24) is 34.3 Å². The molecule has 2 aliphatic heterocycles. The molecule has 7 rings (SSSR count). The van der Waals surface area contributed by atoms with Gasteiger partial charge in [-0.25, -0.2) is 14.5 Å². The number of primary amides is 1. The molecular formula is C30H28N10O2. The summed E-state index contributed by atoms with van der Waals surface area (Å²) in [5.41, 5.74) is 11.7. The van der Waals surface area contributed by atoms with Crippen molar-refractivity contribution >= 4 is 17.2 Å². The van der Waals surface area contributed by atoms with Crippen molar-refractivity contribution in [3.8, 4) is 34.2 Å². The number of amides is 1. The van der Waals surface area contributed by atoms with E-state index in [0.717, 1.165) is 45.7 Å². The molecule has 1 amide bonds. The Bertz CT molecular complexity index is 1840. The van der Waals surface area contributed by atoms with Gasteiger partial charge in [0.05, 0.1) is 42.5 Å². The van der Waals surface area contributed by atoms with Crippen molar-refractivity contribution < 1.29 is 9.53 Å². The Balaban J connectivity index is 1.17. The Kier molecular flexibility index (Phi) is 6.09. The molecule has 0 saturated carbocycles. The molecule has 0 radical (unpaired) electrons. The van der Waals surface area contributed by atoms with E-state index in [-0.39, 0.29) is 23.9 Å². The standard InChI is InChI=1S/C30H28N10O2/c1-37-14-22(12-35-37)20-7-23(28-21(8-31)11-36-40(28)15-20)19-4-5-26(33-10-19)39-17-25-29(39)24(30(32)41)16-38(25)13-18-3-6-27(42-2)34-9-18/h3-7,9-12,14-15,24-25,29H,13,16-17H2,1-2H3,(H2,32,41)/t24-,25+,29+/m1/s1. The number of aryl methyl sites for hydroxylation is 1. The average molecular weight is 561 g/mol. The smallest absolute Gasteiger partial charge is 0.223 e. The number of pyridine rings is 3. The van der Waals surface area contributed by atoms with Gasteiger partial charge < -0.3 is 15.4 Å². The summed E-state index contributed by atoms with van der Waals surface area (Å²) in [6.07, 6.45) is 10.8. The molecule has 42 heavy (non-hydrogen) atoms. The molecule has 12 heteroatoms. The summed E-state index contributed by atoms with van der Waals surface area (Å²) < 4.78 is 8.65. The zero-order chi connectivity index (χ0) is 29.0. The van der Waals surface area contributed by atoms with Gasteiger partial charge in [0, 0.05) is 85.8 Å². The van der Waals surface area contributed by atoms with E-state index in [9.17, 15) is 10.1 Å². The number of hydrogen-bond acceptors (Lipinski definition) is 9. The summed E-state index contributed by atoms with van der Waals surface area (Å²) in [6.45, 7) is 2.01. The van der Waals surface area contributed by atoms with Gasteiger partial charge >= 0.3 is 0 Å². The molecule has 2 saturated heterocycles. The fourth-order valence-electron chi connectivity index (χ4n) is 6.23. The Morgan fingerprint density at radius 3 is 2.60 bits per heavy atom. The second-order valence-electron chi connectivity index (χ2n) is 10.8. The van der Waals surface area contributed by atoms with Gasteiger partial charge in [0.1, 0.15) is 11.9 Å². The van der Waals surface area contributed by atoms with Gasteiger partial charge in [-0.2, -0.15) is 15.5 Å². The van der Waals surface area contributed by atoms with Crippen LogP contribution in [-0.2, 0) is 18.4 Å². The van der Waals surface area contributed by atoms with E-state index in [1.807, 2.05) is 56.0 Å². The second-order valence-corrected chi connectivity index (χ2v) is 10.8. The highest BCUT2D eigenvalue weighted by Crippen LogP contribution is 2.40. The lowest BCUT2D eigenvalue weighted by atomic mass is 9.88. The number of methoxy groups -OCH3 is 1. The zero-order valence-corrected chi connectivity index (χ0v) is 23.1. The fourth-order valence-corrected chi connectivity index (χ4v) is 6.23. The van der Waals surface area contributed by atoms with Crippen molar-refractivity contribution in [2.24, 2.45) is 18.7 Å². The number of ether oxygens (including phenoxy) is 1. The van der Waals surface area contributed by atoms with Crippen molar-refractivity contribution in [2.75, 3.05) is 25.1 Å². The first-order valence-corrected chi connectivity index (χ1v) is 13.6. The van der Waals surface area contributed by atoms with Gasteiger partial charge in [-0.1, -0.05) is 6.07 Å². The molecule has 12 nitrogen and oxygen atoms in total. The van der Waals surface area contributed by atoms with Crippen molar-refractivity contribution in [3.05, 3.63) is 78.6 Å². The lowest BCUT2D eigenvalue weighted by Gasteiger charge is -2.48. The molecular weight excluding hydrogens is 532 g/mol. The number of aromatic nitrogens is 6. The van der Waals surface area contributed by atoms with Gasteiger partial charge in [-0.15, -0.1) is 0 Å². The minimum absolute atomic E-state index is 0.0484. The maximum atomic E-state index is 12.5. The van der Waals surface area contributed by atoms with E-state index in [4.69, 9.17) is 15.5 Å². The predicted octanol–water partition coefficient (Wildman–Crippen LogP) is 2.25. The summed E-state index contributed by atoms with van der Waals surface area (Å²) in [5, 5.41) is 18.5. The lowest BCUT2D eigenvalue weighted by molar-refractivity contribution is -0.121. The topological polar surface area (TPSA) is 143 Å². The van der Waals surface area contributed by atoms with E-state index < -0.39 is 0 Å². The molecule has 0 unspecified atom stereocenters. The molecule has 0 aromatic carbocycles. The van der Waals surface area contributed by atoms with Crippen LogP contribution in [0.2, 0.25) is 0 Å². The first-order chi connectivity index (χ1) is 20.4. The summed E-state index contributed by atoms with van der Waals surface area (Å²) in [6, 6.07) is 12.2. The number of nitrogens with two attached hydrogens (primary N) is 1. The molecule has 7 heterocycles. The maximum absolute atomic E-state index is 12.5. The highest BCUT2D eigenvalue weighted by molar-refractivity contribution is 5.87. The molecule has 2 fully saturated rings. The maximum Gasteiger partial charge on any atom is 0.223 e. The van der Waals surface area contributed by atoms with Gasteiger partial charge in [0.25, 0.3) is 0 Å². The van der Waals surface area contributed by atoms with Crippen LogP contribution in [0.25, 0.3) is 27.8 Å². The molecule has 5 aromatic rings. The summed E-state index contributed by atoms with van der Waals surface area (Å²) in [4.78, 5) is 26.1. The molecule has 0 bridgehead atoms. The van der Waals surface area contributed by atoms with Crippen molar-refractivity contribution in [2.45, 2.75) is 18.6 Å². The van der Waals surface area contributed by atoms with Crippen LogP contribution in [0.1, 0.15) is 11.1 Å². The van der Waals surface area contributed by atoms with Crippen molar-refractivity contribution in [3.63, 3.8) is 0 Å². The Labute approximate surface area is 241 Å². The number of nitriles is 1. The van der Waals surface area contributed by atoms with Gasteiger partial charge in [-0.3, -0.25) is 14.4 Å². The molecule has 210 valence electrons. The molecule has 2 N–H and O–H groups in total. The highest BCUT2D eigenvalue weighted by atomic mass is 16.5. The van der Waals surface area contributed by atoms with Gasteiger partial charge in [0.15, 0.2) is 0 Å². The van der Waals surface area contributed by atoms with Crippen LogP contribution in [0.15, 0.2) is 67.5 Å². The lowest BCUT2D eigenvalue weighted by Crippen LogP contribution is -2.64. The summed E-state index contributed by atoms with van der Waals surface area (Å²) in [5.74, 6) is 0.741. The number of carbonyl (C=O) groups is 1. The third kappa shape index (κ3) is 4.22. The second kappa shape index (κ2) is 9.97. The normalized spacial score (nSPS) is 19.8. The Hall–Kier alpha value is -5.28. The van der Waals surface area contributed by atoms with Crippen LogP contribution in [0.4, 0.5) is 5.82 Å². The third-order valence-corrected chi connectivity index (χ3v) is 8.33. The number of rotatable bonds is 7.